The van der Waals surface area contributed by atoms with Gasteiger partial charge >= 0.3 is 7.12 Å². The van der Waals surface area contributed by atoms with Crippen molar-refractivity contribution in [3.8, 4) is 0 Å². The van der Waals surface area contributed by atoms with E-state index in [1.807, 2.05) is 35.3 Å². The van der Waals surface area contributed by atoms with Crippen LogP contribution in [0.2, 0.25) is 0 Å². The van der Waals surface area contributed by atoms with Crippen molar-refractivity contribution < 1.29 is 14.0 Å². The number of hydrogen-bond acceptors (Lipinski definition) is 4. The van der Waals surface area contributed by atoms with Crippen LogP contribution in [-0.2, 0) is 27.2 Å². The molecule has 6 heteroatoms. The molecule has 26 heavy (non-hydrogen) atoms. The van der Waals surface area contributed by atoms with E-state index >= 15 is 0 Å². The van der Waals surface area contributed by atoms with Crippen molar-refractivity contribution in [1.82, 2.24) is 9.78 Å². The zero-order valence-corrected chi connectivity index (χ0v) is 16.3. The van der Waals surface area contributed by atoms with E-state index in [1.54, 1.807) is 0 Å². The molecule has 1 aliphatic heterocycles. The van der Waals surface area contributed by atoms with Gasteiger partial charge in [0.05, 0.1) is 17.8 Å². The van der Waals surface area contributed by atoms with Gasteiger partial charge in [-0.15, -0.1) is 0 Å². The molecule has 1 saturated heterocycles. The molecule has 0 radical (unpaired) electrons. The van der Waals surface area contributed by atoms with Crippen LogP contribution in [0.3, 0.4) is 0 Å². The Morgan fingerprint density at radius 2 is 1.73 bits per heavy atom. The van der Waals surface area contributed by atoms with E-state index in [9.17, 15) is 0 Å². The van der Waals surface area contributed by atoms with Gasteiger partial charge in [0.2, 0.25) is 0 Å². The molecule has 2 heterocycles. The Balaban J connectivity index is 1.38. The first-order valence-corrected chi connectivity index (χ1v) is 9.37. The first-order valence-electron chi connectivity index (χ1n) is 9.37. The molecular formula is C20H29BN2O3. The van der Waals surface area contributed by atoms with Crippen molar-refractivity contribution in [2.45, 2.75) is 64.9 Å². The molecule has 1 fully saturated rings. The number of rotatable bonds is 8. The number of unbranched alkanes of at least 4 members (excludes halogenated alkanes) is 1. The molecule has 1 aromatic heterocycles. The predicted octanol–water partition coefficient (Wildman–Crippen LogP) is 3.18. The molecule has 0 atom stereocenters. The molecule has 0 spiro atoms. The number of benzene rings is 1. The lowest BCUT2D eigenvalue weighted by Crippen LogP contribution is -2.41. The summed E-state index contributed by atoms with van der Waals surface area (Å²) in [5.41, 5.74) is 1.54. The number of ether oxygens (including phenoxy) is 1. The van der Waals surface area contributed by atoms with Crippen LogP contribution in [0.15, 0.2) is 42.7 Å². The quantitative estimate of drug-likeness (QED) is 0.538. The number of hydrogen-bond donors (Lipinski definition) is 0. The van der Waals surface area contributed by atoms with Crippen LogP contribution in [0.4, 0.5) is 0 Å². The van der Waals surface area contributed by atoms with Crippen molar-refractivity contribution in [3.63, 3.8) is 0 Å². The molecule has 0 bridgehead atoms. The highest BCUT2D eigenvalue weighted by Gasteiger charge is 2.52. The zero-order chi connectivity index (χ0) is 18.6. The maximum Gasteiger partial charge on any atom is 0.498 e. The Morgan fingerprint density at radius 3 is 2.42 bits per heavy atom. The van der Waals surface area contributed by atoms with Crippen LogP contribution in [0.25, 0.3) is 0 Å². The first-order chi connectivity index (χ1) is 12.4. The maximum atomic E-state index is 6.07. The Hall–Kier alpha value is -1.63. The van der Waals surface area contributed by atoms with Crippen LogP contribution in [-0.4, -0.2) is 34.7 Å². The second-order valence-electron chi connectivity index (χ2n) is 7.87. The summed E-state index contributed by atoms with van der Waals surface area (Å²) < 4.78 is 19.8. The van der Waals surface area contributed by atoms with Gasteiger partial charge in [-0.3, -0.25) is 4.68 Å². The zero-order valence-electron chi connectivity index (χ0n) is 16.3. The summed E-state index contributed by atoms with van der Waals surface area (Å²) in [6.07, 6.45) is 5.90. The molecule has 0 amide bonds. The van der Waals surface area contributed by atoms with Crippen molar-refractivity contribution in [2.24, 2.45) is 0 Å². The minimum absolute atomic E-state index is 0.324. The highest BCUT2D eigenvalue weighted by atomic mass is 16.7. The van der Waals surface area contributed by atoms with Crippen LogP contribution >= 0.6 is 0 Å². The molecule has 5 nitrogen and oxygen atoms in total. The van der Waals surface area contributed by atoms with Crippen molar-refractivity contribution in [1.29, 1.82) is 0 Å². The van der Waals surface area contributed by atoms with E-state index < -0.39 is 0 Å². The molecule has 1 aliphatic rings. The van der Waals surface area contributed by atoms with Gasteiger partial charge in [0.25, 0.3) is 0 Å². The number of aromatic nitrogens is 2. The minimum Gasteiger partial charge on any atom is -0.399 e. The average molecular weight is 356 g/mol. The first kappa shape index (κ1) is 19.1. The molecule has 0 aliphatic carbocycles. The van der Waals surface area contributed by atoms with Gasteiger partial charge in [0.15, 0.2) is 0 Å². The summed E-state index contributed by atoms with van der Waals surface area (Å²) in [7, 11) is -0.344. The summed E-state index contributed by atoms with van der Waals surface area (Å²) in [5, 5.41) is 4.44. The third-order valence-electron chi connectivity index (χ3n) is 5.22. The Kier molecular flexibility index (Phi) is 5.85. The van der Waals surface area contributed by atoms with Crippen molar-refractivity contribution in [3.05, 3.63) is 48.3 Å². The fourth-order valence-corrected chi connectivity index (χ4v) is 2.84. The monoisotopic (exact) mass is 356 g/mol. The standard InChI is InChI=1S/C20H29BN2O3/c1-19(2)20(3,4)26-21(25-19)18-14-22-23(15-18)12-8-9-13-24-16-17-10-6-5-7-11-17/h5-7,10-11,14-15H,8-9,12-13,16H2,1-4H3. The highest BCUT2D eigenvalue weighted by Crippen LogP contribution is 2.36. The van der Waals surface area contributed by atoms with E-state index in [1.165, 1.54) is 5.56 Å². The predicted molar refractivity (Wildman–Crippen MR) is 103 cm³/mol. The number of aryl methyl sites for hydroxylation is 1. The van der Waals surface area contributed by atoms with Gasteiger partial charge in [-0.05, 0) is 46.1 Å². The van der Waals surface area contributed by atoms with E-state index in [-0.39, 0.29) is 18.3 Å². The van der Waals surface area contributed by atoms with Crippen LogP contribution in [0.1, 0.15) is 46.1 Å². The second kappa shape index (κ2) is 7.95. The molecule has 0 saturated carbocycles. The molecule has 0 unspecified atom stereocenters. The fraction of sp³-hybridized carbons (Fsp3) is 0.550. The van der Waals surface area contributed by atoms with Gasteiger partial charge < -0.3 is 14.0 Å². The largest absolute Gasteiger partial charge is 0.498 e. The second-order valence-corrected chi connectivity index (χ2v) is 7.87. The summed E-state index contributed by atoms with van der Waals surface area (Å²) in [6.45, 7) is 10.6. The SMILES string of the molecule is CC1(C)OB(c2cnn(CCCCOCc3ccccc3)c2)OC1(C)C. The Labute approximate surface area is 156 Å². The van der Waals surface area contributed by atoms with Crippen molar-refractivity contribution >= 4 is 12.6 Å². The topological polar surface area (TPSA) is 45.5 Å². The molecular weight excluding hydrogens is 327 g/mol. The lowest BCUT2D eigenvalue weighted by molar-refractivity contribution is 0.00578. The smallest absolute Gasteiger partial charge is 0.399 e. The molecule has 2 aromatic rings. The lowest BCUT2D eigenvalue weighted by atomic mass is 9.82. The summed E-state index contributed by atoms with van der Waals surface area (Å²) in [5.74, 6) is 0. The van der Waals surface area contributed by atoms with Gasteiger partial charge in [0, 0.05) is 31.0 Å². The van der Waals surface area contributed by atoms with E-state index in [0.29, 0.717) is 6.61 Å². The van der Waals surface area contributed by atoms with Gasteiger partial charge in [-0.1, -0.05) is 30.3 Å². The van der Waals surface area contributed by atoms with E-state index in [4.69, 9.17) is 14.0 Å². The highest BCUT2D eigenvalue weighted by molar-refractivity contribution is 6.61. The molecule has 3 rings (SSSR count). The number of nitrogens with zero attached hydrogens (tertiary/aromatic N) is 2. The normalized spacial score (nSPS) is 18.4. The fourth-order valence-electron chi connectivity index (χ4n) is 2.84. The minimum atomic E-state index is -0.344. The third kappa shape index (κ3) is 4.55. The average Bonchev–Trinajstić information content (AvgIpc) is 3.14. The van der Waals surface area contributed by atoms with Crippen molar-refractivity contribution in [2.75, 3.05) is 6.61 Å². The summed E-state index contributed by atoms with van der Waals surface area (Å²) in [4.78, 5) is 0. The van der Waals surface area contributed by atoms with Gasteiger partial charge in [-0.2, -0.15) is 5.10 Å². The molecule has 1 aromatic carbocycles. The Morgan fingerprint density at radius 1 is 1.04 bits per heavy atom. The molecule has 140 valence electrons. The van der Waals surface area contributed by atoms with Crippen LogP contribution in [0, 0.1) is 0 Å². The van der Waals surface area contributed by atoms with Gasteiger partial charge in [-0.25, -0.2) is 0 Å². The van der Waals surface area contributed by atoms with Gasteiger partial charge in [0.1, 0.15) is 0 Å². The lowest BCUT2D eigenvalue weighted by Gasteiger charge is -2.32. The van der Waals surface area contributed by atoms with Crippen LogP contribution in [0.5, 0.6) is 0 Å². The molecule has 0 N–H and O–H groups in total. The summed E-state index contributed by atoms with van der Waals surface area (Å²) >= 11 is 0. The maximum absolute atomic E-state index is 6.07. The summed E-state index contributed by atoms with van der Waals surface area (Å²) in [6, 6.07) is 10.3. The van der Waals surface area contributed by atoms with E-state index in [2.05, 4.69) is 44.9 Å². The van der Waals surface area contributed by atoms with E-state index in [0.717, 1.165) is 31.5 Å². The Bertz CT molecular complexity index is 684. The third-order valence-corrected chi connectivity index (χ3v) is 5.22. The van der Waals surface area contributed by atoms with Crippen LogP contribution < -0.4 is 5.46 Å².